The van der Waals surface area contributed by atoms with Gasteiger partial charge in [0.25, 0.3) is 0 Å². The third kappa shape index (κ3) is 8.35. The minimum absolute atomic E-state index is 0.00252. The van der Waals surface area contributed by atoms with E-state index in [2.05, 4.69) is 66.4 Å². The number of nitriles is 1. The largest absolute Gasteiger partial charge is 0.393 e. The Hall–Kier alpha value is -3.33. The van der Waals surface area contributed by atoms with Crippen LogP contribution in [-0.4, -0.2) is 108 Å². The molecule has 16 heteroatoms. The standard InChI is InChI=1S/C33H42F3N9O2S2/c1-22(44-12-10-43(11-13-44)21-49(46,47)38-3)18-45-26(17-37)14-28-23(2)24(4-5-30(28)45)19-42-8-6-25(7-9-42)41-31-29-15-27(16-33(34,35)36)48-32(29)40-20-39-31/h4-5,14-15,20,22,25,38H,6-13,16,18-19,21H2,1-3H3,(H,39,40,41)/t22-/m1/s1. The second kappa shape index (κ2) is 14.5. The minimum atomic E-state index is -4.27. The number of likely N-dealkylation sites (tertiary alicyclic amines) is 1. The summed E-state index contributed by atoms with van der Waals surface area (Å²) in [4.78, 5) is 16.0. The van der Waals surface area contributed by atoms with Crippen LogP contribution in [0.5, 0.6) is 0 Å². The van der Waals surface area contributed by atoms with Gasteiger partial charge in [-0.1, -0.05) is 6.07 Å². The van der Waals surface area contributed by atoms with Crippen LogP contribution in [-0.2, 0) is 29.5 Å². The van der Waals surface area contributed by atoms with Crippen LogP contribution in [0, 0.1) is 18.3 Å². The molecule has 0 amide bonds. The number of hydrogen-bond donors (Lipinski definition) is 2. The summed E-state index contributed by atoms with van der Waals surface area (Å²) in [7, 11) is -1.86. The highest BCUT2D eigenvalue weighted by atomic mass is 32.2. The fraction of sp³-hybridized carbons (Fsp3) is 0.545. The lowest BCUT2D eigenvalue weighted by Gasteiger charge is -2.38. The number of thiophene rings is 1. The molecule has 3 aromatic heterocycles. The Morgan fingerprint density at radius 2 is 1.80 bits per heavy atom. The van der Waals surface area contributed by atoms with Crippen LogP contribution < -0.4 is 10.0 Å². The quantitative estimate of drug-likeness (QED) is 0.231. The lowest BCUT2D eigenvalue weighted by molar-refractivity contribution is -0.126. The summed E-state index contributed by atoms with van der Waals surface area (Å²) in [5.74, 6) is 0.589. The molecule has 4 aromatic rings. The third-order valence-electron chi connectivity index (χ3n) is 9.80. The Bertz CT molecular complexity index is 1940. The predicted molar refractivity (Wildman–Crippen MR) is 186 cm³/mol. The number of hydrogen-bond acceptors (Lipinski definition) is 10. The van der Waals surface area contributed by atoms with Gasteiger partial charge in [-0.2, -0.15) is 18.4 Å². The van der Waals surface area contributed by atoms with Gasteiger partial charge in [-0.25, -0.2) is 23.1 Å². The van der Waals surface area contributed by atoms with E-state index >= 15 is 0 Å². The van der Waals surface area contributed by atoms with E-state index in [0.29, 0.717) is 41.4 Å². The normalized spacial score (nSPS) is 18.3. The van der Waals surface area contributed by atoms with Crippen molar-refractivity contribution in [2.75, 3.05) is 57.5 Å². The number of sulfonamides is 1. The topological polar surface area (TPSA) is 122 Å². The molecule has 2 N–H and O–H groups in total. The van der Waals surface area contributed by atoms with Crippen molar-refractivity contribution in [1.82, 2.24) is 34.0 Å². The number of anilines is 1. The van der Waals surface area contributed by atoms with Crippen molar-refractivity contribution in [3.8, 4) is 6.07 Å². The van der Waals surface area contributed by atoms with Gasteiger partial charge in [-0.15, -0.1) is 11.3 Å². The molecule has 6 rings (SSSR count). The first-order valence-corrected chi connectivity index (χ1v) is 19.0. The van der Waals surface area contributed by atoms with E-state index < -0.39 is 22.6 Å². The van der Waals surface area contributed by atoms with Crippen LogP contribution in [0.4, 0.5) is 19.0 Å². The van der Waals surface area contributed by atoms with Gasteiger partial charge in [-0.05, 0) is 63.1 Å². The van der Waals surface area contributed by atoms with Crippen molar-refractivity contribution in [1.29, 1.82) is 5.26 Å². The summed E-state index contributed by atoms with van der Waals surface area (Å²) >= 11 is 1.06. The van der Waals surface area contributed by atoms with E-state index in [1.165, 1.54) is 18.9 Å². The van der Waals surface area contributed by atoms with Crippen molar-refractivity contribution in [2.24, 2.45) is 0 Å². The van der Waals surface area contributed by atoms with Gasteiger partial charge in [0.15, 0.2) is 0 Å². The molecule has 2 aliphatic rings. The highest BCUT2D eigenvalue weighted by Gasteiger charge is 2.30. The summed E-state index contributed by atoms with van der Waals surface area (Å²) in [6.07, 6.45) is -2.08. The van der Waals surface area contributed by atoms with Crippen molar-refractivity contribution in [3.05, 3.63) is 52.3 Å². The van der Waals surface area contributed by atoms with E-state index in [-0.39, 0.29) is 22.8 Å². The number of fused-ring (bicyclic) bond motifs is 2. The fourth-order valence-corrected chi connectivity index (χ4v) is 8.87. The molecule has 1 atom stereocenters. The smallest absolute Gasteiger partial charge is 0.367 e. The highest BCUT2D eigenvalue weighted by molar-refractivity contribution is 7.89. The molecule has 0 radical (unpaired) electrons. The monoisotopic (exact) mass is 717 g/mol. The number of benzene rings is 1. The van der Waals surface area contributed by atoms with Crippen LogP contribution in [0.3, 0.4) is 0 Å². The first-order valence-electron chi connectivity index (χ1n) is 16.5. The SMILES string of the molecule is CNS(=O)(=O)CN1CCN([C@H](C)Cn2c(C#N)cc3c(C)c(CN4CCC(Nc5ncnc6sc(CC(F)(F)F)cc56)CC4)ccc32)CC1. The second-order valence-electron chi connectivity index (χ2n) is 13.1. The van der Waals surface area contributed by atoms with E-state index in [1.807, 2.05) is 11.0 Å². The molecule has 0 spiro atoms. The lowest BCUT2D eigenvalue weighted by Crippen LogP contribution is -2.52. The number of rotatable bonds is 11. The number of piperazine rings is 1. The molecule has 1 aromatic carbocycles. The number of nitrogens with one attached hydrogen (secondary N) is 2. The van der Waals surface area contributed by atoms with E-state index in [0.717, 1.165) is 73.4 Å². The highest BCUT2D eigenvalue weighted by Crippen LogP contribution is 2.33. The minimum Gasteiger partial charge on any atom is -0.367 e. The Balaban J connectivity index is 1.06. The summed E-state index contributed by atoms with van der Waals surface area (Å²) in [5.41, 5.74) is 4.04. The fourth-order valence-electron chi connectivity index (χ4n) is 6.97. The van der Waals surface area contributed by atoms with Crippen LogP contribution in [0.15, 0.2) is 30.6 Å². The van der Waals surface area contributed by atoms with Gasteiger partial charge in [0.1, 0.15) is 34.6 Å². The molecule has 0 unspecified atom stereocenters. The number of nitrogens with zero attached hydrogens (tertiary/aromatic N) is 7. The van der Waals surface area contributed by atoms with Gasteiger partial charge >= 0.3 is 6.18 Å². The van der Waals surface area contributed by atoms with E-state index in [1.54, 1.807) is 6.07 Å². The van der Waals surface area contributed by atoms with Crippen molar-refractivity contribution >= 4 is 48.3 Å². The van der Waals surface area contributed by atoms with Gasteiger partial charge in [0.05, 0.1) is 11.8 Å². The Kier molecular flexibility index (Phi) is 10.5. The van der Waals surface area contributed by atoms with Gasteiger partial charge in [-0.3, -0.25) is 14.7 Å². The molecule has 49 heavy (non-hydrogen) atoms. The molecule has 5 heterocycles. The third-order valence-corrected chi connectivity index (χ3v) is 12.2. The summed E-state index contributed by atoms with van der Waals surface area (Å²) in [6.45, 7) is 10.3. The van der Waals surface area contributed by atoms with Gasteiger partial charge in [0.2, 0.25) is 10.0 Å². The number of piperidine rings is 1. The molecular formula is C33H42F3N9O2S2. The molecule has 0 bridgehead atoms. The van der Waals surface area contributed by atoms with E-state index in [4.69, 9.17) is 0 Å². The number of halogens is 3. The maximum absolute atomic E-state index is 13.0. The first kappa shape index (κ1) is 35.5. The van der Waals surface area contributed by atoms with Crippen LogP contribution >= 0.6 is 11.3 Å². The van der Waals surface area contributed by atoms with Gasteiger partial charge in [0, 0.05) is 80.2 Å². The van der Waals surface area contributed by atoms with Crippen molar-refractivity contribution in [2.45, 2.75) is 64.5 Å². The average Bonchev–Trinajstić information content (AvgIpc) is 3.64. The maximum Gasteiger partial charge on any atom is 0.393 e. The van der Waals surface area contributed by atoms with E-state index in [9.17, 15) is 26.9 Å². The van der Waals surface area contributed by atoms with Crippen molar-refractivity contribution < 1.29 is 21.6 Å². The molecule has 2 saturated heterocycles. The Labute approximate surface area is 288 Å². The molecule has 2 fully saturated rings. The Morgan fingerprint density at radius 1 is 1.06 bits per heavy atom. The second-order valence-corrected chi connectivity index (χ2v) is 16.1. The maximum atomic E-state index is 13.0. The van der Waals surface area contributed by atoms with Crippen LogP contribution in [0.2, 0.25) is 0 Å². The Morgan fingerprint density at radius 3 is 2.47 bits per heavy atom. The first-order chi connectivity index (χ1) is 23.3. The van der Waals surface area contributed by atoms with Gasteiger partial charge < -0.3 is 9.88 Å². The zero-order chi connectivity index (χ0) is 34.9. The summed E-state index contributed by atoms with van der Waals surface area (Å²) < 4.78 is 67.3. The molecule has 2 aliphatic heterocycles. The number of aromatic nitrogens is 3. The lowest BCUT2D eigenvalue weighted by atomic mass is 10.0. The zero-order valence-electron chi connectivity index (χ0n) is 27.9. The molecule has 11 nitrogen and oxygen atoms in total. The molecule has 264 valence electrons. The summed E-state index contributed by atoms with van der Waals surface area (Å²) in [5, 5.41) is 15.2. The van der Waals surface area contributed by atoms with Crippen molar-refractivity contribution in [3.63, 3.8) is 0 Å². The molecular weight excluding hydrogens is 676 g/mol. The van der Waals surface area contributed by atoms with Crippen LogP contribution in [0.25, 0.3) is 21.1 Å². The average molecular weight is 718 g/mol. The predicted octanol–water partition coefficient (Wildman–Crippen LogP) is 4.52. The van der Waals surface area contributed by atoms with Crippen LogP contribution in [0.1, 0.15) is 41.5 Å². The zero-order valence-corrected chi connectivity index (χ0v) is 29.6. The molecule has 0 saturated carbocycles. The summed E-state index contributed by atoms with van der Waals surface area (Å²) in [6, 6.07) is 10.5. The number of alkyl halides is 3. The molecule has 0 aliphatic carbocycles. The number of aryl methyl sites for hydroxylation is 1.